The van der Waals surface area contributed by atoms with E-state index in [4.69, 9.17) is 53.3 Å². The van der Waals surface area contributed by atoms with Gasteiger partial charge in [-0.1, -0.05) is 59.1 Å². The van der Waals surface area contributed by atoms with Crippen LogP contribution in [0.15, 0.2) is 73.0 Å². The van der Waals surface area contributed by atoms with Gasteiger partial charge in [0.2, 0.25) is 6.35 Å². The molecule has 0 saturated heterocycles. The Kier molecular flexibility index (Phi) is 8.50. The summed E-state index contributed by atoms with van der Waals surface area (Å²) in [7, 11) is -2.09. The first-order chi connectivity index (χ1) is 17.3. The summed E-state index contributed by atoms with van der Waals surface area (Å²) < 4.78 is 35.5. The van der Waals surface area contributed by atoms with Crippen molar-refractivity contribution in [1.29, 1.82) is 0 Å². The van der Waals surface area contributed by atoms with Gasteiger partial charge in [0.05, 0.1) is 21.9 Å². The van der Waals surface area contributed by atoms with E-state index in [2.05, 4.69) is 5.32 Å². The molecular formula is C25H21Cl3NO6P. The first kappa shape index (κ1) is 26.4. The molecule has 2 atom stereocenters. The number of halogens is 3. The molecular weight excluding hydrogens is 548 g/mol. The van der Waals surface area contributed by atoms with Crippen molar-refractivity contribution < 1.29 is 27.9 Å². The number of para-hydroxylation sites is 1. The summed E-state index contributed by atoms with van der Waals surface area (Å²) in [5.74, 6) is 0.383. The molecule has 0 fully saturated rings. The van der Waals surface area contributed by atoms with E-state index >= 15 is 0 Å². The van der Waals surface area contributed by atoms with Gasteiger partial charge in [-0.2, -0.15) is 0 Å². The summed E-state index contributed by atoms with van der Waals surface area (Å²) in [6.45, 7) is 0.0166. The van der Waals surface area contributed by atoms with Gasteiger partial charge in [0.1, 0.15) is 24.2 Å². The molecule has 11 heteroatoms. The lowest BCUT2D eigenvalue weighted by molar-refractivity contribution is 0.0958. The van der Waals surface area contributed by atoms with Crippen molar-refractivity contribution in [2.24, 2.45) is 0 Å². The maximum atomic E-state index is 13.1. The Hall–Kier alpha value is -2.67. The molecule has 36 heavy (non-hydrogen) atoms. The first-order valence-corrected chi connectivity index (χ1v) is 13.6. The molecule has 1 amide bonds. The van der Waals surface area contributed by atoms with Gasteiger partial charge in [0.15, 0.2) is 0 Å². The number of benzene rings is 3. The van der Waals surface area contributed by atoms with E-state index in [1.807, 2.05) is 6.07 Å². The van der Waals surface area contributed by atoms with Gasteiger partial charge >= 0.3 is 7.60 Å². The second kappa shape index (κ2) is 11.6. The Morgan fingerprint density at radius 3 is 2.50 bits per heavy atom. The third kappa shape index (κ3) is 6.36. The van der Waals surface area contributed by atoms with Crippen molar-refractivity contribution in [1.82, 2.24) is 5.32 Å². The molecule has 1 N–H and O–H groups in total. The summed E-state index contributed by atoms with van der Waals surface area (Å²) >= 11 is 18.9. The topological polar surface area (TPSA) is 83.1 Å². The SMILES string of the molecule is CNC(=O)c1ccccc1OCc1c(Cl)cc(OC[P@]2(=O)OC=C[C@@H](c3cccc(Cl)c3)O2)cc1Cl. The Balaban J connectivity index is 1.42. The monoisotopic (exact) mass is 567 g/mol. The van der Waals surface area contributed by atoms with Crippen molar-refractivity contribution >= 4 is 48.3 Å². The van der Waals surface area contributed by atoms with E-state index in [0.29, 0.717) is 21.9 Å². The molecule has 1 aliphatic heterocycles. The lowest BCUT2D eigenvalue weighted by atomic mass is 10.1. The second-order valence-corrected chi connectivity index (χ2v) is 10.8. The molecule has 3 aromatic carbocycles. The number of carbonyl (C=O) groups is 1. The molecule has 1 heterocycles. The number of ether oxygens (including phenoxy) is 2. The average molecular weight is 569 g/mol. The predicted octanol–water partition coefficient (Wildman–Crippen LogP) is 7.42. The van der Waals surface area contributed by atoms with Crippen molar-refractivity contribution in [2.75, 3.05) is 13.4 Å². The van der Waals surface area contributed by atoms with Crippen LogP contribution in [0.4, 0.5) is 0 Å². The van der Waals surface area contributed by atoms with E-state index in [-0.39, 0.29) is 34.7 Å². The van der Waals surface area contributed by atoms with Gasteiger partial charge in [0.25, 0.3) is 5.91 Å². The highest BCUT2D eigenvalue weighted by Crippen LogP contribution is 2.55. The normalized spacial score (nSPS) is 18.8. The highest BCUT2D eigenvalue weighted by molar-refractivity contribution is 7.53. The van der Waals surface area contributed by atoms with Crippen LogP contribution in [-0.2, 0) is 20.2 Å². The first-order valence-electron chi connectivity index (χ1n) is 10.7. The van der Waals surface area contributed by atoms with Crippen molar-refractivity contribution in [2.45, 2.75) is 12.7 Å². The van der Waals surface area contributed by atoms with Gasteiger partial charge in [-0.25, -0.2) is 4.57 Å². The molecule has 0 aliphatic carbocycles. The predicted molar refractivity (Wildman–Crippen MR) is 139 cm³/mol. The van der Waals surface area contributed by atoms with E-state index in [9.17, 15) is 9.36 Å². The molecule has 0 radical (unpaired) electrons. The zero-order valence-corrected chi connectivity index (χ0v) is 22.1. The van der Waals surface area contributed by atoms with Crippen LogP contribution in [0.25, 0.3) is 0 Å². The Morgan fingerprint density at radius 1 is 1.03 bits per heavy atom. The van der Waals surface area contributed by atoms with Gasteiger partial charge in [-0.15, -0.1) is 0 Å². The van der Waals surface area contributed by atoms with Crippen LogP contribution in [0.1, 0.15) is 27.6 Å². The van der Waals surface area contributed by atoms with Crippen LogP contribution in [0, 0.1) is 0 Å². The number of hydrogen-bond donors (Lipinski definition) is 1. The quantitative estimate of drug-likeness (QED) is 0.285. The maximum absolute atomic E-state index is 13.1. The van der Waals surface area contributed by atoms with E-state index in [1.165, 1.54) is 25.4 Å². The highest BCUT2D eigenvalue weighted by atomic mass is 35.5. The number of nitrogens with one attached hydrogen (secondary N) is 1. The molecule has 7 nitrogen and oxygen atoms in total. The Bertz CT molecular complexity index is 1330. The molecule has 0 bridgehead atoms. The van der Waals surface area contributed by atoms with E-state index < -0.39 is 13.7 Å². The zero-order chi connectivity index (χ0) is 25.7. The Labute approximate surface area is 223 Å². The van der Waals surface area contributed by atoms with Gasteiger partial charge < -0.3 is 19.3 Å². The molecule has 188 valence electrons. The second-order valence-electron chi connectivity index (χ2n) is 7.63. The fourth-order valence-corrected chi connectivity index (χ4v) is 5.42. The number of rotatable bonds is 8. The Morgan fingerprint density at radius 2 is 1.78 bits per heavy atom. The molecule has 3 aromatic rings. The lowest BCUT2D eigenvalue weighted by Crippen LogP contribution is -2.18. The van der Waals surface area contributed by atoms with Gasteiger partial charge in [-0.05, 0) is 48.0 Å². The van der Waals surface area contributed by atoms with Crippen LogP contribution in [-0.4, -0.2) is 19.3 Å². The van der Waals surface area contributed by atoms with Gasteiger partial charge in [0, 0.05) is 17.6 Å². The number of amides is 1. The fourth-order valence-electron chi connectivity index (χ4n) is 3.37. The summed E-state index contributed by atoms with van der Waals surface area (Å²) in [5, 5.41) is 3.65. The third-order valence-corrected chi connectivity index (χ3v) is 7.51. The summed E-state index contributed by atoms with van der Waals surface area (Å²) in [6, 6.07) is 16.9. The van der Waals surface area contributed by atoms with Crippen molar-refractivity contribution in [3.63, 3.8) is 0 Å². The highest BCUT2D eigenvalue weighted by Gasteiger charge is 2.33. The van der Waals surface area contributed by atoms with Crippen molar-refractivity contribution in [3.05, 3.63) is 105 Å². The minimum atomic E-state index is -3.63. The van der Waals surface area contributed by atoms with Crippen LogP contribution < -0.4 is 14.8 Å². The maximum Gasteiger partial charge on any atom is 0.416 e. The molecule has 4 rings (SSSR count). The standard InChI is InChI=1S/C25H21Cl3NO6P/c1-29-25(30)19-7-2-3-8-24(19)32-14-20-21(27)12-18(13-22(20)28)33-15-36(31)34-10-9-23(35-36)16-5-4-6-17(26)11-16/h2-13,23H,14-15H2,1H3,(H,29,30)/t23-,36-/m0/s1. The van der Waals surface area contributed by atoms with E-state index in [0.717, 1.165) is 5.56 Å². The third-order valence-electron chi connectivity index (χ3n) is 5.16. The van der Waals surface area contributed by atoms with Crippen LogP contribution >= 0.6 is 42.4 Å². The molecule has 0 spiro atoms. The molecule has 0 aromatic heterocycles. The van der Waals surface area contributed by atoms with Crippen LogP contribution in [0.2, 0.25) is 15.1 Å². The van der Waals surface area contributed by atoms with Gasteiger partial charge in [-0.3, -0.25) is 9.32 Å². The van der Waals surface area contributed by atoms with Crippen LogP contribution in [0.5, 0.6) is 11.5 Å². The summed E-state index contributed by atoms with van der Waals surface area (Å²) in [6.07, 6.45) is 2.00. The average Bonchev–Trinajstić information content (AvgIpc) is 2.87. The lowest BCUT2D eigenvalue weighted by Gasteiger charge is -2.26. The van der Waals surface area contributed by atoms with Crippen molar-refractivity contribution in [3.8, 4) is 11.5 Å². The van der Waals surface area contributed by atoms with Crippen LogP contribution in [0.3, 0.4) is 0 Å². The minimum Gasteiger partial charge on any atom is -0.488 e. The largest absolute Gasteiger partial charge is 0.488 e. The molecule has 0 unspecified atom stereocenters. The molecule has 0 saturated carbocycles. The summed E-state index contributed by atoms with van der Waals surface area (Å²) in [4.78, 5) is 12.1. The zero-order valence-electron chi connectivity index (χ0n) is 19.0. The number of hydrogen-bond acceptors (Lipinski definition) is 6. The molecule has 1 aliphatic rings. The number of carbonyl (C=O) groups excluding carboxylic acids is 1. The minimum absolute atomic E-state index is 0.0166. The smallest absolute Gasteiger partial charge is 0.416 e. The summed E-state index contributed by atoms with van der Waals surface area (Å²) in [5.41, 5.74) is 1.61. The fraction of sp³-hybridized carbons (Fsp3) is 0.160. The van der Waals surface area contributed by atoms with E-state index in [1.54, 1.807) is 48.5 Å².